The smallest absolute Gasteiger partial charge is 0.295 e. The molecule has 8 nitrogen and oxygen atoms in total. The Labute approximate surface area is 187 Å². The van der Waals surface area contributed by atoms with Crippen LogP contribution in [0, 0.1) is 0 Å². The van der Waals surface area contributed by atoms with Gasteiger partial charge in [-0.2, -0.15) is 0 Å². The van der Waals surface area contributed by atoms with Gasteiger partial charge in [-0.25, -0.2) is 0 Å². The fraction of sp³-hybridized carbons (Fsp3) is 0.333. The van der Waals surface area contributed by atoms with Crippen molar-refractivity contribution in [2.75, 3.05) is 41.4 Å². The lowest BCUT2D eigenvalue weighted by Gasteiger charge is -2.26. The molecule has 1 fully saturated rings. The number of rotatable bonds is 8. The van der Waals surface area contributed by atoms with Crippen LogP contribution in [0.1, 0.15) is 23.6 Å². The molecule has 0 aliphatic carbocycles. The Bertz CT molecular complexity index is 1050. The summed E-state index contributed by atoms with van der Waals surface area (Å²) >= 11 is 0. The molecule has 170 valence electrons. The number of aliphatic hydroxyl groups is 1. The van der Waals surface area contributed by atoms with E-state index in [0.717, 1.165) is 6.54 Å². The first-order valence-electron chi connectivity index (χ1n) is 10.2. The number of carbonyl (C=O) groups excluding carboxylic acids is 2. The molecule has 0 radical (unpaired) electrons. The van der Waals surface area contributed by atoms with Gasteiger partial charge >= 0.3 is 0 Å². The average molecular weight is 440 g/mol. The van der Waals surface area contributed by atoms with Gasteiger partial charge in [0.15, 0.2) is 11.5 Å². The maximum atomic E-state index is 13.1. The molecule has 3 rings (SSSR count). The molecule has 8 heteroatoms. The summed E-state index contributed by atoms with van der Waals surface area (Å²) in [7, 11) is 6.78. The lowest BCUT2D eigenvalue weighted by atomic mass is 9.95. The molecule has 0 saturated carbocycles. The summed E-state index contributed by atoms with van der Waals surface area (Å²) in [6.07, 6.45) is 0.644. The molecule has 1 unspecified atom stereocenters. The number of methoxy groups -OCH3 is 2. The molecule has 0 spiro atoms. The van der Waals surface area contributed by atoms with E-state index in [-0.39, 0.29) is 22.8 Å². The van der Waals surface area contributed by atoms with Crippen LogP contribution < -0.4 is 9.47 Å². The standard InChI is InChI=1S/C24H28N2O6/c1-25(2)11-6-12-26-21(15-9-10-18(27)19(14-15)32-4)20(23(29)24(26)30)22(28)16-7-5-8-17(13-16)31-3/h5,7-10,13-14,21,27-28H,6,11-12H2,1-4H3/b22-20+. The lowest BCUT2D eigenvalue weighted by molar-refractivity contribution is -0.139. The van der Waals surface area contributed by atoms with Crippen LogP contribution in [0.5, 0.6) is 17.2 Å². The summed E-state index contributed by atoms with van der Waals surface area (Å²) in [5.41, 5.74) is 0.903. The predicted octanol–water partition coefficient (Wildman–Crippen LogP) is 2.78. The molecule has 2 aromatic carbocycles. The van der Waals surface area contributed by atoms with Crippen LogP contribution in [0.25, 0.3) is 5.76 Å². The lowest BCUT2D eigenvalue weighted by Crippen LogP contribution is -2.32. The fourth-order valence-electron chi connectivity index (χ4n) is 3.80. The Morgan fingerprint density at radius 2 is 1.84 bits per heavy atom. The monoisotopic (exact) mass is 440 g/mol. The zero-order chi connectivity index (χ0) is 23.4. The first kappa shape index (κ1) is 23.1. The van der Waals surface area contributed by atoms with E-state index in [1.165, 1.54) is 25.2 Å². The van der Waals surface area contributed by atoms with E-state index in [9.17, 15) is 19.8 Å². The van der Waals surface area contributed by atoms with Gasteiger partial charge in [-0.1, -0.05) is 18.2 Å². The maximum absolute atomic E-state index is 13.1. The molecular weight excluding hydrogens is 412 g/mol. The van der Waals surface area contributed by atoms with Gasteiger partial charge in [0.05, 0.1) is 25.8 Å². The van der Waals surface area contributed by atoms with Crippen molar-refractivity contribution in [2.24, 2.45) is 0 Å². The number of phenolic OH excluding ortho intramolecular Hbond substituents is 1. The van der Waals surface area contributed by atoms with E-state index in [1.54, 1.807) is 36.4 Å². The van der Waals surface area contributed by atoms with Crippen molar-refractivity contribution in [1.82, 2.24) is 9.80 Å². The number of likely N-dealkylation sites (tertiary alicyclic amines) is 1. The molecule has 1 aliphatic rings. The number of phenols is 1. The largest absolute Gasteiger partial charge is 0.507 e. The van der Waals surface area contributed by atoms with Crippen molar-refractivity contribution < 1.29 is 29.3 Å². The summed E-state index contributed by atoms with van der Waals surface area (Å²) < 4.78 is 10.4. The quantitative estimate of drug-likeness (QED) is 0.370. The van der Waals surface area contributed by atoms with E-state index >= 15 is 0 Å². The predicted molar refractivity (Wildman–Crippen MR) is 120 cm³/mol. The number of amides is 1. The molecule has 2 N–H and O–H groups in total. The Hall–Kier alpha value is -3.52. The van der Waals surface area contributed by atoms with Crippen LogP contribution in [0.15, 0.2) is 48.0 Å². The highest BCUT2D eigenvalue weighted by Gasteiger charge is 2.46. The van der Waals surface area contributed by atoms with Crippen molar-refractivity contribution in [1.29, 1.82) is 0 Å². The van der Waals surface area contributed by atoms with E-state index in [1.807, 2.05) is 19.0 Å². The van der Waals surface area contributed by atoms with E-state index in [0.29, 0.717) is 29.8 Å². The van der Waals surface area contributed by atoms with Crippen LogP contribution in [-0.4, -0.2) is 73.1 Å². The number of aliphatic hydroxyl groups excluding tert-OH is 1. The normalized spacial score (nSPS) is 17.8. The summed E-state index contributed by atoms with van der Waals surface area (Å²) in [5.74, 6) is -1.06. The van der Waals surface area contributed by atoms with Crippen molar-refractivity contribution in [2.45, 2.75) is 12.5 Å². The zero-order valence-electron chi connectivity index (χ0n) is 18.7. The zero-order valence-corrected chi connectivity index (χ0v) is 18.7. The Kier molecular flexibility index (Phi) is 7.05. The first-order chi connectivity index (χ1) is 15.3. The van der Waals surface area contributed by atoms with Gasteiger partial charge in [0.25, 0.3) is 11.7 Å². The van der Waals surface area contributed by atoms with Crippen LogP contribution in [0.2, 0.25) is 0 Å². The van der Waals surface area contributed by atoms with Gasteiger partial charge in [-0.05, 0) is 56.9 Å². The summed E-state index contributed by atoms with van der Waals surface area (Å²) in [4.78, 5) is 29.5. The Balaban J connectivity index is 2.14. The molecule has 2 aromatic rings. The fourth-order valence-corrected chi connectivity index (χ4v) is 3.80. The summed E-state index contributed by atoms with van der Waals surface area (Å²) in [6, 6.07) is 10.5. The van der Waals surface area contributed by atoms with Gasteiger partial charge < -0.3 is 29.5 Å². The molecule has 0 bridgehead atoms. The number of nitrogens with zero attached hydrogens (tertiary/aromatic N) is 2. The molecule has 0 aromatic heterocycles. The third-order valence-corrected chi connectivity index (χ3v) is 5.41. The number of hydrogen-bond donors (Lipinski definition) is 2. The topological polar surface area (TPSA) is 99.5 Å². The van der Waals surface area contributed by atoms with E-state index in [4.69, 9.17) is 9.47 Å². The van der Waals surface area contributed by atoms with Gasteiger partial charge in [0.2, 0.25) is 0 Å². The van der Waals surface area contributed by atoms with Gasteiger partial charge in [0, 0.05) is 12.1 Å². The second-order valence-corrected chi connectivity index (χ2v) is 7.81. The van der Waals surface area contributed by atoms with Crippen molar-refractivity contribution >= 4 is 17.4 Å². The second kappa shape index (κ2) is 9.74. The Morgan fingerprint density at radius 1 is 1.09 bits per heavy atom. The number of aromatic hydroxyl groups is 1. The minimum atomic E-state index is -0.821. The highest BCUT2D eigenvalue weighted by molar-refractivity contribution is 6.46. The molecule has 1 heterocycles. The Morgan fingerprint density at radius 3 is 2.50 bits per heavy atom. The van der Waals surface area contributed by atoms with E-state index in [2.05, 4.69) is 0 Å². The molecule has 1 amide bonds. The first-order valence-corrected chi connectivity index (χ1v) is 10.2. The van der Waals surface area contributed by atoms with Crippen molar-refractivity contribution in [3.63, 3.8) is 0 Å². The number of ether oxygens (including phenoxy) is 2. The van der Waals surface area contributed by atoms with Crippen LogP contribution in [-0.2, 0) is 9.59 Å². The van der Waals surface area contributed by atoms with Gasteiger partial charge in [0.1, 0.15) is 11.5 Å². The number of ketones is 1. The maximum Gasteiger partial charge on any atom is 0.295 e. The van der Waals surface area contributed by atoms with Gasteiger partial charge in [-0.3, -0.25) is 9.59 Å². The second-order valence-electron chi connectivity index (χ2n) is 7.81. The van der Waals surface area contributed by atoms with Crippen molar-refractivity contribution in [3.05, 3.63) is 59.2 Å². The number of benzene rings is 2. The molecule has 1 atom stereocenters. The number of hydrogen-bond acceptors (Lipinski definition) is 7. The number of carbonyl (C=O) groups is 2. The highest BCUT2D eigenvalue weighted by atomic mass is 16.5. The van der Waals surface area contributed by atoms with Crippen LogP contribution >= 0.6 is 0 Å². The molecular formula is C24H28N2O6. The minimum absolute atomic E-state index is 0.0131. The van der Waals surface area contributed by atoms with Crippen LogP contribution in [0.4, 0.5) is 0 Å². The van der Waals surface area contributed by atoms with E-state index < -0.39 is 17.7 Å². The third-order valence-electron chi connectivity index (χ3n) is 5.41. The molecule has 1 saturated heterocycles. The average Bonchev–Trinajstić information content (AvgIpc) is 3.03. The van der Waals surface area contributed by atoms with Gasteiger partial charge in [-0.15, -0.1) is 0 Å². The number of Topliss-reactive ketones (excluding diaryl/α,β-unsaturated/α-hetero) is 1. The summed E-state index contributed by atoms with van der Waals surface area (Å²) in [5, 5.41) is 21.1. The molecule has 1 aliphatic heterocycles. The third kappa shape index (κ3) is 4.55. The highest BCUT2D eigenvalue weighted by Crippen LogP contribution is 2.42. The van der Waals surface area contributed by atoms with Crippen molar-refractivity contribution in [3.8, 4) is 17.2 Å². The SMILES string of the molecule is COc1cccc(/C(O)=C2\C(=O)C(=O)N(CCCN(C)C)C2c2ccc(O)c(OC)c2)c1. The minimum Gasteiger partial charge on any atom is -0.507 e. The summed E-state index contributed by atoms with van der Waals surface area (Å²) in [6.45, 7) is 1.05. The van der Waals surface area contributed by atoms with Crippen LogP contribution in [0.3, 0.4) is 0 Å². The molecule has 32 heavy (non-hydrogen) atoms.